The van der Waals surface area contributed by atoms with Gasteiger partial charge in [0, 0.05) is 6.54 Å². The normalized spacial score (nSPS) is 22.5. The summed E-state index contributed by atoms with van der Waals surface area (Å²) in [6.45, 7) is 7.59. The van der Waals surface area contributed by atoms with E-state index in [2.05, 4.69) is 5.32 Å². The fourth-order valence-corrected chi connectivity index (χ4v) is 1.69. The number of hydrogen-bond donors (Lipinski definition) is 1. The van der Waals surface area contributed by atoms with Crippen LogP contribution in [0.5, 0.6) is 0 Å². The van der Waals surface area contributed by atoms with Crippen molar-refractivity contribution in [1.29, 1.82) is 0 Å². The Bertz CT molecular complexity index is 210. The minimum atomic E-state index is -0.834. The van der Waals surface area contributed by atoms with E-state index in [4.69, 9.17) is 9.47 Å². The number of hydrogen-bond acceptors (Lipinski definition) is 4. The van der Waals surface area contributed by atoms with E-state index in [1.54, 1.807) is 20.8 Å². The van der Waals surface area contributed by atoms with Gasteiger partial charge in [-0.1, -0.05) is 0 Å². The SMILES string of the molecule is CCOC(=O)C(C)(C)OC1CCCNC1. The number of carbonyl (C=O) groups is 1. The fourth-order valence-electron chi connectivity index (χ4n) is 1.69. The van der Waals surface area contributed by atoms with Gasteiger partial charge in [-0.25, -0.2) is 4.79 Å². The third-order valence-corrected chi connectivity index (χ3v) is 2.48. The lowest BCUT2D eigenvalue weighted by molar-refractivity contribution is -0.175. The molecule has 0 spiro atoms. The number of ether oxygens (including phenoxy) is 2. The first kappa shape index (κ1) is 12.5. The van der Waals surface area contributed by atoms with E-state index in [0.29, 0.717) is 6.61 Å². The van der Waals surface area contributed by atoms with Crippen LogP contribution in [0.2, 0.25) is 0 Å². The van der Waals surface area contributed by atoms with Gasteiger partial charge in [-0.3, -0.25) is 0 Å². The quantitative estimate of drug-likeness (QED) is 0.713. The highest BCUT2D eigenvalue weighted by atomic mass is 16.6. The Morgan fingerprint density at radius 2 is 2.27 bits per heavy atom. The maximum Gasteiger partial charge on any atom is 0.337 e. The molecule has 1 aliphatic rings. The van der Waals surface area contributed by atoms with Crippen LogP contribution < -0.4 is 5.32 Å². The molecule has 1 aliphatic heterocycles. The Labute approximate surface area is 91.3 Å². The van der Waals surface area contributed by atoms with Crippen LogP contribution in [0.4, 0.5) is 0 Å². The Kier molecular flexibility index (Phi) is 4.54. The van der Waals surface area contributed by atoms with Gasteiger partial charge in [0.05, 0.1) is 12.7 Å². The van der Waals surface area contributed by atoms with E-state index in [9.17, 15) is 4.79 Å². The van der Waals surface area contributed by atoms with Crippen LogP contribution in [0.3, 0.4) is 0 Å². The van der Waals surface area contributed by atoms with Crippen molar-refractivity contribution >= 4 is 5.97 Å². The summed E-state index contributed by atoms with van der Waals surface area (Å²) in [5.74, 6) is -0.282. The first-order valence-corrected chi connectivity index (χ1v) is 5.62. The van der Waals surface area contributed by atoms with Gasteiger partial charge in [0.2, 0.25) is 0 Å². The molecule has 1 rings (SSSR count). The van der Waals surface area contributed by atoms with Crippen LogP contribution in [-0.2, 0) is 14.3 Å². The van der Waals surface area contributed by atoms with E-state index in [-0.39, 0.29) is 12.1 Å². The molecule has 1 saturated heterocycles. The molecular weight excluding hydrogens is 194 g/mol. The molecule has 88 valence electrons. The molecule has 15 heavy (non-hydrogen) atoms. The molecule has 0 aromatic carbocycles. The molecule has 1 unspecified atom stereocenters. The Hall–Kier alpha value is -0.610. The maximum atomic E-state index is 11.6. The fraction of sp³-hybridized carbons (Fsp3) is 0.909. The third-order valence-electron chi connectivity index (χ3n) is 2.48. The summed E-state index contributed by atoms with van der Waals surface area (Å²) >= 11 is 0. The van der Waals surface area contributed by atoms with Gasteiger partial charge < -0.3 is 14.8 Å². The second-order valence-electron chi connectivity index (χ2n) is 4.32. The highest BCUT2D eigenvalue weighted by Crippen LogP contribution is 2.18. The zero-order chi connectivity index (χ0) is 11.3. The lowest BCUT2D eigenvalue weighted by Crippen LogP contribution is -2.45. The summed E-state index contributed by atoms with van der Waals surface area (Å²) in [4.78, 5) is 11.6. The number of rotatable bonds is 4. The van der Waals surface area contributed by atoms with Crippen molar-refractivity contribution in [2.75, 3.05) is 19.7 Å². The van der Waals surface area contributed by atoms with Gasteiger partial charge in [0.1, 0.15) is 0 Å². The van der Waals surface area contributed by atoms with E-state index in [1.165, 1.54) is 0 Å². The number of esters is 1. The van der Waals surface area contributed by atoms with E-state index in [0.717, 1.165) is 25.9 Å². The van der Waals surface area contributed by atoms with E-state index < -0.39 is 5.60 Å². The number of carbonyl (C=O) groups excluding carboxylic acids is 1. The molecular formula is C11H21NO3. The molecule has 4 heteroatoms. The number of nitrogens with one attached hydrogen (secondary N) is 1. The van der Waals surface area contributed by atoms with Gasteiger partial charge in [-0.05, 0) is 40.2 Å². The Morgan fingerprint density at radius 1 is 1.53 bits per heavy atom. The van der Waals surface area contributed by atoms with Crippen molar-refractivity contribution in [3.8, 4) is 0 Å². The van der Waals surface area contributed by atoms with Crippen molar-refractivity contribution in [3.05, 3.63) is 0 Å². The van der Waals surface area contributed by atoms with Crippen LogP contribution in [0.1, 0.15) is 33.6 Å². The Balaban J connectivity index is 2.42. The van der Waals surface area contributed by atoms with Crippen LogP contribution in [0.15, 0.2) is 0 Å². The average Bonchev–Trinajstić information content (AvgIpc) is 2.19. The summed E-state index contributed by atoms with van der Waals surface area (Å²) in [6.07, 6.45) is 2.23. The second kappa shape index (κ2) is 5.47. The molecule has 0 radical (unpaired) electrons. The standard InChI is InChI=1S/C11H21NO3/c1-4-14-10(13)11(2,3)15-9-6-5-7-12-8-9/h9,12H,4-8H2,1-3H3. The van der Waals surface area contributed by atoms with Crippen LogP contribution in [-0.4, -0.2) is 37.4 Å². The highest BCUT2D eigenvalue weighted by Gasteiger charge is 2.33. The molecule has 1 heterocycles. The van der Waals surface area contributed by atoms with E-state index in [1.807, 2.05) is 0 Å². The third kappa shape index (κ3) is 3.80. The lowest BCUT2D eigenvalue weighted by atomic mass is 10.1. The largest absolute Gasteiger partial charge is 0.464 e. The molecule has 1 fully saturated rings. The topological polar surface area (TPSA) is 47.6 Å². The molecule has 1 atom stereocenters. The van der Waals surface area contributed by atoms with Crippen LogP contribution >= 0.6 is 0 Å². The van der Waals surface area contributed by atoms with Gasteiger partial charge in [0.25, 0.3) is 0 Å². The zero-order valence-corrected chi connectivity index (χ0v) is 9.84. The van der Waals surface area contributed by atoms with Gasteiger partial charge in [-0.15, -0.1) is 0 Å². The average molecular weight is 215 g/mol. The first-order chi connectivity index (χ1) is 7.06. The van der Waals surface area contributed by atoms with Crippen molar-refractivity contribution in [2.45, 2.75) is 45.3 Å². The van der Waals surface area contributed by atoms with Crippen molar-refractivity contribution in [2.24, 2.45) is 0 Å². The predicted molar refractivity (Wildman–Crippen MR) is 57.7 cm³/mol. The summed E-state index contributed by atoms with van der Waals surface area (Å²) in [5, 5.41) is 3.25. The van der Waals surface area contributed by atoms with Crippen LogP contribution in [0, 0.1) is 0 Å². The van der Waals surface area contributed by atoms with Gasteiger partial charge in [0.15, 0.2) is 5.60 Å². The maximum absolute atomic E-state index is 11.6. The van der Waals surface area contributed by atoms with E-state index >= 15 is 0 Å². The summed E-state index contributed by atoms with van der Waals surface area (Å²) in [6, 6.07) is 0. The second-order valence-corrected chi connectivity index (χ2v) is 4.32. The monoisotopic (exact) mass is 215 g/mol. The summed E-state index contributed by atoms with van der Waals surface area (Å²) in [5.41, 5.74) is -0.834. The number of piperidine rings is 1. The molecule has 0 aromatic heterocycles. The van der Waals surface area contributed by atoms with Crippen molar-refractivity contribution in [3.63, 3.8) is 0 Å². The zero-order valence-electron chi connectivity index (χ0n) is 9.84. The predicted octanol–water partition coefficient (Wildman–Crippen LogP) is 1.10. The lowest BCUT2D eigenvalue weighted by Gasteiger charge is -2.31. The molecule has 1 N–H and O–H groups in total. The molecule has 0 saturated carbocycles. The van der Waals surface area contributed by atoms with Gasteiger partial charge >= 0.3 is 5.97 Å². The minimum absolute atomic E-state index is 0.123. The molecule has 0 aliphatic carbocycles. The minimum Gasteiger partial charge on any atom is -0.464 e. The Morgan fingerprint density at radius 3 is 2.80 bits per heavy atom. The molecule has 4 nitrogen and oxygen atoms in total. The van der Waals surface area contributed by atoms with Crippen molar-refractivity contribution < 1.29 is 14.3 Å². The summed E-state index contributed by atoms with van der Waals surface area (Å²) < 4.78 is 10.7. The first-order valence-electron chi connectivity index (χ1n) is 5.62. The highest BCUT2D eigenvalue weighted by molar-refractivity contribution is 5.78. The molecule has 0 bridgehead atoms. The van der Waals surface area contributed by atoms with Gasteiger partial charge in [-0.2, -0.15) is 0 Å². The molecule has 0 amide bonds. The van der Waals surface area contributed by atoms with Crippen molar-refractivity contribution in [1.82, 2.24) is 5.32 Å². The summed E-state index contributed by atoms with van der Waals surface area (Å²) in [7, 11) is 0. The molecule has 0 aromatic rings. The smallest absolute Gasteiger partial charge is 0.337 e. The van der Waals surface area contributed by atoms with Crippen LogP contribution in [0.25, 0.3) is 0 Å².